The molecular formula is C13H19ClN2. The standard InChI is InChI=1S/C13H19ClN2/c1-11-6-5-9-15-12(11)16-13(10-14)7-3-2-4-8-13/h5-6,9H,2-4,7-8,10H2,1H3,(H,15,16). The van der Waals surface area contributed by atoms with Gasteiger partial charge in [-0.05, 0) is 31.4 Å². The van der Waals surface area contributed by atoms with Gasteiger partial charge in [-0.25, -0.2) is 4.98 Å². The van der Waals surface area contributed by atoms with Crippen LogP contribution in [0.15, 0.2) is 18.3 Å². The molecule has 1 heterocycles. The zero-order chi connectivity index (χ0) is 11.4. The summed E-state index contributed by atoms with van der Waals surface area (Å²) in [6.07, 6.45) is 8.03. The van der Waals surface area contributed by atoms with Gasteiger partial charge in [0.05, 0.1) is 5.54 Å². The first-order valence-corrected chi connectivity index (χ1v) is 6.55. The Morgan fingerprint density at radius 3 is 2.75 bits per heavy atom. The quantitative estimate of drug-likeness (QED) is 0.812. The Hall–Kier alpha value is -0.760. The Labute approximate surface area is 102 Å². The number of pyridine rings is 1. The van der Waals surface area contributed by atoms with Gasteiger partial charge in [-0.15, -0.1) is 11.6 Å². The van der Waals surface area contributed by atoms with E-state index < -0.39 is 0 Å². The van der Waals surface area contributed by atoms with Crippen LogP contribution in [0.3, 0.4) is 0 Å². The fourth-order valence-electron chi connectivity index (χ4n) is 2.39. The lowest BCUT2D eigenvalue weighted by molar-refractivity contribution is 0.352. The number of hydrogen-bond acceptors (Lipinski definition) is 2. The minimum Gasteiger partial charge on any atom is -0.363 e. The Morgan fingerprint density at radius 1 is 1.38 bits per heavy atom. The summed E-state index contributed by atoms with van der Waals surface area (Å²) in [4.78, 5) is 4.40. The highest BCUT2D eigenvalue weighted by Crippen LogP contribution is 2.32. The van der Waals surface area contributed by atoms with E-state index in [0.29, 0.717) is 5.88 Å². The molecule has 3 heteroatoms. The third-order valence-corrected chi connectivity index (χ3v) is 3.97. The zero-order valence-electron chi connectivity index (χ0n) is 9.80. The molecule has 0 radical (unpaired) electrons. The van der Waals surface area contributed by atoms with Crippen LogP contribution in [-0.2, 0) is 0 Å². The summed E-state index contributed by atoms with van der Waals surface area (Å²) in [5, 5.41) is 3.57. The summed E-state index contributed by atoms with van der Waals surface area (Å²) >= 11 is 6.15. The smallest absolute Gasteiger partial charge is 0.129 e. The highest BCUT2D eigenvalue weighted by Gasteiger charge is 2.31. The summed E-state index contributed by atoms with van der Waals surface area (Å²) in [5.41, 5.74) is 1.26. The third-order valence-electron chi connectivity index (χ3n) is 3.46. The van der Waals surface area contributed by atoms with Crippen LogP contribution in [0.5, 0.6) is 0 Å². The fourth-order valence-corrected chi connectivity index (χ4v) is 2.72. The van der Waals surface area contributed by atoms with Gasteiger partial charge in [0.2, 0.25) is 0 Å². The van der Waals surface area contributed by atoms with Crippen LogP contribution in [0.2, 0.25) is 0 Å². The number of aromatic nitrogens is 1. The van der Waals surface area contributed by atoms with Crippen molar-refractivity contribution in [3.63, 3.8) is 0 Å². The van der Waals surface area contributed by atoms with Gasteiger partial charge in [0.25, 0.3) is 0 Å². The number of alkyl halides is 1. The van der Waals surface area contributed by atoms with Crippen molar-refractivity contribution >= 4 is 17.4 Å². The van der Waals surface area contributed by atoms with Gasteiger partial charge in [-0.2, -0.15) is 0 Å². The minimum absolute atomic E-state index is 0.0684. The number of halogens is 1. The fraction of sp³-hybridized carbons (Fsp3) is 0.615. The lowest BCUT2D eigenvalue weighted by atomic mass is 9.83. The molecule has 0 atom stereocenters. The van der Waals surface area contributed by atoms with Crippen molar-refractivity contribution in [2.24, 2.45) is 0 Å². The van der Waals surface area contributed by atoms with E-state index in [2.05, 4.69) is 23.3 Å². The number of hydrogen-bond donors (Lipinski definition) is 1. The van der Waals surface area contributed by atoms with Crippen molar-refractivity contribution in [1.82, 2.24) is 4.98 Å². The second kappa shape index (κ2) is 5.05. The highest BCUT2D eigenvalue weighted by atomic mass is 35.5. The Balaban J connectivity index is 2.15. The summed E-state index contributed by atoms with van der Waals surface area (Å²) in [5.74, 6) is 1.66. The van der Waals surface area contributed by atoms with E-state index in [0.717, 1.165) is 18.7 Å². The van der Waals surface area contributed by atoms with Crippen molar-refractivity contribution in [3.8, 4) is 0 Å². The summed E-state index contributed by atoms with van der Waals surface area (Å²) in [6, 6.07) is 4.05. The van der Waals surface area contributed by atoms with Crippen LogP contribution in [0.25, 0.3) is 0 Å². The van der Waals surface area contributed by atoms with Crippen LogP contribution < -0.4 is 5.32 Å². The second-order valence-electron chi connectivity index (χ2n) is 4.77. The number of nitrogens with zero attached hydrogens (tertiary/aromatic N) is 1. The molecule has 1 aromatic heterocycles. The Kier molecular flexibility index (Phi) is 3.70. The van der Waals surface area contributed by atoms with Crippen LogP contribution >= 0.6 is 11.6 Å². The molecule has 1 aliphatic carbocycles. The maximum absolute atomic E-state index is 6.15. The highest BCUT2D eigenvalue weighted by molar-refractivity contribution is 6.18. The van der Waals surface area contributed by atoms with E-state index in [4.69, 9.17) is 11.6 Å². The largest absolute Gasteiger partial charge is 0.363 e. The molecule has 1 aliphatic rings. The molecule has 0 unspecified atom stereocenters. The van der Waals surface area contributed by atoms with Gasteiger partial charge in [0.1, 0.15) is 5.82 Å². The van der Waals surface area contributed by atoms with Crippen molar-refractivity contribution in [1.29, 1.82) is 0 Å². The maximum Gasteiger partial charge on any atom is 0.129 e. The monoisotopic (exact) mass is 238 g/mol. The average Bonchev–Trinajstić information content (AvgIpc) is 2.33. The molecule has 2 nitrogen and oxygen atoms in total. The molecule has 1 N–H and O–H groups in total. The molecule has 0 aromatic carbocycles. The molecule has 1 saturated carbocycles. The van der Waals surface area contributed by atoms with E-state index in [1.807, 2.05) is 12.3 Å². The van der Waals surface area contributed by atoms with Gasteiger partial charge < -0.3 is 5.32 Å². The number of rotatable bonds is 3. The van der Waals surface area contributed by atoms with Crippen LogP contribution in [-0.4, -0.2) is 16.4 Å². The summed E-state index contributed by atoms with van der Waals surface area (Å²) < 4.78 is 0. The van der Waals surface area contributed by atoms with Crippen molar-refractivity contribution < 1.29 is 0 Å². The predicted molar refractivity (Wildman–Crippen MR) is 69.1 cm³/mol. The summed E-state index contributed by atoms with van der Waals surface area (Å²) in [6.45, 7) is 2.08. The lowest BCUT2D eigenvalue weighted by Gasteiger charge is -2.37. The van der Waals surface area contributed by atoms with Crippen LogP contribution in [0.1, 0.15) is 37.7 Å². The molecule has 1 fully saturated rings. The molecule has 0 saturated heterocycles. The van der Waals surface area contributed by atoms with Crippen molar-refractivity contribution in [2.45, 2.75) is 44.6 Å². The lowest BCUT2D eigenvalue weighted by Crippen LogP contribution is -2.42. The van der Waals surface area contributed by atoms with Gasteiger partial charge in [0.15, 0.2) is 0 Å². The number of nitrogens with one attached hydrogen (secondary N) is 1. The third kappa shape index (κ3) is 2.49. The molecule has 16 heavy (non-hydrogen) atoms. The minimum atomic E-state index is 0.0684. The van der Waals surface area contributed by atoms with Gasteiger partial charge in [-0.1, -0.05) is 25.3 Å². The number of aryl methyl sites for hydroxylation is 1. The van der Waals surface area contributed by atoms with Gasteiger partial charge in [-0.3, -0.25) is 0 Å². The molecule has 0 bridgehead atoms. The first-order chi connectivity index (χ1) is 7.76. The Bertz CT molecular complexity index is 346. The van der Waals surface area contributed by atoms with Crippen LogP contribution in [0.4, 0.5) is 5.82 Å². The molecule has 0 aliphatic heterocycles. The average molecular weight is 239 g/mol. The molecule has 1 aromatic rings. The molecule has 0 spiro atoms. The first kappa shape index (κ1) is 11.7. The molecule has 0 amide bonds. The van der Waals surface area contributed by atoms with Crippen LogP contribution in [0, 0.1) is 6.92 Å². The van der Waals surface area contributed by atoms with Crippen molar-refractivity contribution in [2.75, 3.05) is 11.2 Å². The zero-order valence-corrected chi connectivity index (χ0v) is 10.6. The maximum atomic E-state index is 6.15. The van der Waals surface area contributed by atoms with E-state index in [9.17, 15) is 0 Å². The molecular weight excluding hydrogens is 220 g/mol. The Morgan fingerprint density at radius 2 is 2.12 bits per heavy atom. The van der Waals surface area contributed by atoms with Gasteiger partial charge >= 0.3 is 0 Å². The predicted octanol–water partition coefficient (Wildman–Crippen LogP) is 3.74. The second-order valence-corrected chi connectivity index (χ2v) is 5.04. The van der Waals surface area contributed by atoms with Gasteiger partial charge in [0, 0.05) is 12.1 Å². The first-order valence-electron chi connectivity index (χ1n) is 6.02. The molecule has 88 valence electrons. The molecule has 2 rings (SSSR count). The topological polar surface area (TPSA) is 24.9 Å². The van der Waals surface area contributed by atoms with Crippen molar-refractivity contribution in [3.05, 3.63) is 23.9 Å². The van der Waals surface area contributed by atoms with E-state index in [-0.39, 0.29) is 5.54 Å². The number of anilines is 1. The SMILES string of the molecule is Cc1cccnc1NC1(CCl)CCCCC1. The normalized spacial score (nSPS) is 19.4. The summed E-state index contributed by atoms with van der Waals surface area (Å²) in [7, 11) is 0. The van der Waals surface area contributed by atoms with E-state index in [1.165, 1.54) is 24.8 Å². The van der Waals surface area contributed by atoms with E-state index in [1.54, 1.807) is 0 Å². The van der Waals surface area contributed by atoms with E-state index >= 15 is 0 Å².